The fourth-order valence-electron chi connectivity index (χ4n) is 2.45. The maximum absolute atomic E-state index is 8.62. The number of rotatable bonds is 2. The first-order chi connectivity index (χ1) is 10.6. The van der Waals surface area contributed by atoms with Crippen molar-refractivity contribution in [3.8, 4) is 0 Å². The van der Waals surface area contributed by atoms with Crippen LogP contribution in [0.3, 0.4) is 0 Å². The number of aliphatic hydroxyl groups is 1. The zero-order valence-corrected chi connectivity index (χ0v) is 14.5. The highest BCUT2D eigenvalue weighted by atomic mass is 16.3. The fourth-order valence-corrected chi connectivity index (χ4v) is 2.45. The van der Waals surface area contributed by atoms with Gasteiger partial charge in [0.05, 0.1) is 5.76 Å². The van der Waals surface area contributed by atoms with E-state index >= 15 is 0 Å². The van der Waals surface area contributed by atoms with Crippen LogP contribution in [0.2, 0.25) is 0 Å². The van der Waals surface area contributed by atoms with E-state index in [9.17, 15) is 0 Å². The Morgan fingerprint density at radius 1 is 0.955 bits per heavy atom. The molecule has 1 aromatic rings. The minimum Gasteiger partial charge on any atom is -0.513 e. The lowest BCUT2D eigenvalue weighted by Gasteiger charge is -2.21. The van der Waals surface area contributed by atoms with Crippen molar-refractivity contribution in [1.82, 2.24) is 0 Å². The van der Waals surface area contributed by atoms with Gasteiger partial charge in [0.1, 0.15) is 0 Å². The second-order valence-electron chi connectivity index (χ2n) is 5.80. The second kappa shape index (κ2) is 12.9. The normalized spacial score (nSPS) is 14.8. The second-order valence-corrected chi connectivity index (χ2v) is 5.80. The van der Waals surface area contributed by atoms with Gasteiger partial charge in [-0.2, -0.15) is 0 Å². The molecule has 1 nitrogen and oxygen atoms in total. The van der Waals surface area contributed by atoms with Gasteiger partial charge in [-0.05, 0) is 51.2 Å². The number of hydrogen-bond donors (Lipinski definition) is 1. The Balaban J connectivity index is 0.000000388. The molecule has 0 aromatic heterocycles. The lowest BCUT2D eigenvalue weighted by molar-refractivity contribution is 0.414. The minimum atomic E-state index is 0.353. The first-order valence-electron chi connectivity index (χ1n) is 8.15. The Morgan fingerprint density at radius 2 is 1.50 bits per heavy atom. The van der Waals surface area contributed by atoms with Crippen molar-refractivity contribution < 1.29 is 5.11 Å². The van der Waals surface area contributed by atoms with E-state index in [2.05, 4.69) is 43.5 Å². The zero-order valence-electron chi connectivity index (χ0n) is 14.5. The van der Waals surface area contributed by atoms with Crippen LogP contribution in [0.25, 0.3) is 0 Å². The van der Waals surface area contributed by atoms with E-state index < -0.39 is 0 Å². The van der Waals surface area contributed by atoms with Crippen molar-refractivity contribution in [2.24, 2.45) is 0 Å². The van der Waals surface area contributed by atoms with Gasteiger partial charge in [0.15, 0.2) is 0 Å². The third-order valence-electron chi connectivity index (χ3n) is 3.53. The summed E-state index contributed by atoms with van der Waals surface area (Å²) < 4.78 is 0. The maximum atomic E-state index is 8.62. The molecule has 0 spiro atoms. The van der Waals surface area contributed by atoms with Gasteiger partial charge in [0.25, 0.3) is 0 Å². The summed E-state index contributed by atoms with van der Waals surface area (Å²) in [5, 5.41) is 8.62. The molecule has 1 aliphatic carbocycles. The van der Waals surface area contributed by atoms with E-state index in [-0.39, 0.29) is 0 Å². The molecule has 1 N–H and O–H groups in total. The molecule has 0 radical (unpaired) electrons. The van der Waals surface area contributed by atoms with E-state index in [1.165, 1.54) is 37.7 Å². The van der Waals surface area contributed by atoms with Crippen LogP contribution in [-0.4, -0.2) is 5.11 Å². The van der Waals surface area contributed by atoms with Crippen molar-refractivity contribution >= 4 is 0 Å². The van der Waals surface area contributed by atoms with E-state index in [1.54, 1.807) is 18.6 Å². The number of benzene rings is 1. The Labute approximate surface area is 137 Å². The molecule has 1 saturated carbocycles. The van der Waals surface area contributed by atoms with Gasteiger partial charge >= 0.3 is 0 Å². The smallest absolute Gasteiger partial charge is 0.0891 e. The zero-order chi connectivity index (χ0) is 16.8. The largest absolute Gasteiger partial charge is 0.513 e. The molecule has 122 valence electrons. The van der Waals surface area contributed by atoms with Gasteiger partial charge in [-0.3, -0.25) is 0 Å². The summed E-state index contributed by atoms with van der Waals surface area (Å²) >= 11 is 0. The summed E-state index contributed by atoms with van der Waals surface area (Å²) in [5.41, 5.74) is 2.75. The molecule has 0 saturated heterocycles. The van der Waals surface area contributed by atoms with E-state index in [0.717, 1.165) is 5.92 Å². The molecule has 0 amide bonds. The highest BCUT2D eigenvalue weighted by molar-refractivity contribution is 5.19. The van der Waals surface area contributed by atoms with Crippen LogP contribution < -0.4 is 0 Å². The fraction of sp³-hybridized carbons (Fsp3) is 0.429. The lowest BCUT2D eigenvalue weighted by Crippen LogP contribution is -2.03. The van der Waals surface area contributed by atoms with Gasteiger partial charge in [0, 0.05) is 0 Å². The van der Waals surface area contributed by atoms with E-state index in [4.69, 9.17) is 5.11 Å². The summed E-state index contributed by atoms with van der Waals surface area (Å²) in [7, 11) is 0. The van der Waals surface area contributed by atoms with E-state index in [1.807, 2.05) is 19.9 Å². The Hall–Kier alpha value is -1.76. The predicted molar refractivity (Wildman–Crippen MR) is 99.3 cm³/mol. The molecule has 0 heterocycles. The average molecular weight is 300 g/mol. The highest BCUT2D eigenvalue weighted by Gasteiger charge is 2.14. The van der Waals surface area contributed by atoms with Gasteiger partial charge < -0.3 is 5.11 Å². The maximum Gasteiger partial charge on any atom is 0.0891 e. The molecular weight excluding hydrogens is 268 g/mol. The first-order valence-corrected chi connectivity index (χ1v) is 8.15. The van der Waals surface area contributed by atoms with Crippen LogP contribution in [0.15, 0.2) is 67.0 Å². The topological polar surface area (TPSA) is 20.2 Å². The molecule has 1 heteroatoms. The van der Waals surface area contributed by atoms with Crippen LogP contribution in [0.5, 0.6) is 0 Å². The molecule has 1 fully saturated rings. The Morgan fingerprint density at radius 3 is 1.91 bits per heavy atom. The molecule has 0 unspecified atom stereocenters. The van der Waals surface area contributed by atoms with Crippen molar-refractivity contribution in [3.05, 3.63) is 72.5 Å². The average Bonchev–Trinajstić information content (AvgIpc) is 2.57. The number of aliphatic hydroxyl groups excluding tert-OH is 1. The molecule has 1 aromatic carbocycles. The quantitative estimate of drug-likeness (QED) is 0.356. The molecule has 0 atom stereocenters. The summed E-state index contributed by atoms with van der Waals surface area (Å²) in [6.45, 7) is 11.6. The van der Waals surface area contributed by atoms with Crippen LogP contribution in [0, 0.1) is 0 Å². The SMILES string of the molecule is C=C.CC(C)=C/C=C(\C)O.c1ccc(C2CCCCC2)cc1. The van der Waals surface area contributed by atoms with Gasteiger partial charge in [-0.1, -0.05) is 61.2 Å². The summed E-state index contributed by atoms with van der Waals surface area (Å²) in [6.07, 6.45) is 10.7. The standard InChI is InChI=1S/C12H16.C7H12O.C2H4/c1-3-7-11(8-4-1)12-9-5-2-6-10-12;1-6(2)4-5-7(3)8;1-2/h1,3-4,7-8,12H,2,5-6,9-10H2;4-5,8H,1-3H3;1-2H2/b;7-5+;. The van der Waals surface area contributed by atoms with Crippen LogP contribution in [-0.2, 0) is 0 Å². The summed E-state index contributed by atoms with van der Waals surface area (Å²) in [6, 6.07) is 11.0. The van der Waals surface area contributed by atoms with Gasteiger partial charge in [-0.15, -0.1) is 13.2 Å². The van der Waals surface area contributed by atoms with Crippen molar-refractivity contribution in [2.45, 2.75) is 58.8 Å². The van der Waals surface area contributed by atoms with Crippen molar-refractivity contribution in [1.29, 1.82) is 0 Å². The molecule has 0 aliphatic heterocycles. The monoisotopic (exact) mass is 300 g/mol. The molecule has 0 bridgehead atoms. The highest BCUT2D eigenvalue weighted by Crippen LogP contribution is 2.32. The van der Waals surface area contributed by atoms with Crippen LogP contribution >= 0.6 is 0 Å². The summed E-state index contributed by atoms with van der Waals surface area (Å²) in [5.74, 6) is 1.21. The number of hydrogen-bond acceptors (Lipinski definition) is 1. The molecule has 22 heavy (non-hydrogen) atoms. The third kappa shape index (κ3) is 10.0. The third-order valence-corrected chi connectivity index (χ3v) is 3.53. The molecule has 2 rings (SSSR count). The van der Waals surface area contributed by atoms with Crippen molar-refractivity contribution in [2.75, 3.05) is 0 Å². The molecular formula is C21H32O. The first kappa shape index (κ1) is 20.2. The van der Waals surface area contributed by atoms with E-state index in [0.29, 0.717) is 5.76 Å². The lowest BCUT2D eigenvalue weighted by atomic mass is 9.84. The summed E-state index contributed by atoms with van der Waals surface area (Å²) in [4.78, 5) is 0. The number of allylic oxidation sites excluding steroid dienone is 4. The van der Waals surface area contributed by atoms with Gasteiger partial charge in [0.2, 0.25) is 0 Å². The predicted octanol–water partition coefficient (Wildman–Crippen LogP) is 6.95. The minimum absolute atomic E-state index is 0.353. The van der Waals surface area contributed by atoms with Crippen LogP contribution in [0.1, 0.15) is 64.4 Å². The van der Waals surface area contributed by atoms with Crippen molar-refractivity contribution in [3.63, 3.8) is 0 Å². The Kier molecular flexibility index (Phi) is 11.9. The van der Waals surface area contributed by atoms with Crippen LogP contribution in [0.4, 0.5) is 0 Å². The molecule has 1 aliphatic rings. The van der Waals surface area contributed by atoms with Gasteiger partial charge in [-0.25, -0.2) is 0 Å². The Bertz CT molecular complexity index is 412.